The standard InChI is InChI=1S/C23H21F3N2O4S2/c1-3-28-21(30)19(34-22(28)33)11-14-8-9-17(18(10-14)31-4-2)32-13-20(29)27-16-7-5-6-15(12-16)23(24,25)26/h5-12H,3-4,13H2,1-2H3,(H,27,29)/b19-11-. The fourth-order valence-corrected chi connectivity index (χ4v) is 4.42. The van der Waals surface area contributed by atoms with Crippen LogP contribution in [0, 0.1) is 0 Å². The molecule has 11 heteroatoms. The number of halogens is 3. The monoisotopic (exact) mass is 510 g/mol. The van der Waals surface area contributed by atoms with Crippen molar-refractivity contribution >= 4 is 51.9 Å². The van der Waals surface area contributed by atoms with Gasteiger partial charge in [0.1, 0.15) is 4.32 Å². The Balaban J connectivity index is 1.69. The van der Waals surface area contributed by atoms with Gasteiger partial charge < -0.3 is 14.8 Å². The van der Waals surface area contributed by atoms with E-state index in [1.54, 1.807) is 31.2 Å². The molecule has 34 heavy (non-hydrogen) atoms. The number of carbonyl (C=O) groups is 2. The Kier molecular flexibility index (Phi) is 8.21. The molecule has 6 nitrogen and oxygen atoms in total. The normalized spacial score (nSPS) is 15.1. The third kappa shape index (κ3) is 6.29. The van der Waals surface area contributed by atoms with Gasteiger partial charge in [-0.05, 0) is 55.8 Å². The average molecular weight is 511 g/mol. The largest absolute Gasteiger partial charge is 0.490 e. The molecule has 1 fully saturated rings. The van der Waals surface area contributed by atoms with Crippen molar-refractivity contribution in [3.8, 4) is 11.5 Å². The molecule has 2 amide bonds. The van der Waals surface area contributed by atoms with Gasteiger partial charge in [-0.25, -0.2) is 0 Å². The molecule has 0 bridgehead atoms. The second kappa shape index (κ2) is 10.9. The lowest BCUT2D eigenvalue weighted by Crippen LogP contribution is -2.27. The Labute approximate surface area is 204 Å². The van der Waals surface area contributed by atoms with Gasteiger partial charge in [-0.2, -0.15) is 13.2 Å². The van der Waals surface area contributed by atoms with Crippen molar-refractivity contribution in [2.45, 2.75) is 20.0 Å². The number of amides is 2. The van der Waals surface area contributed by atoms with E-state index in [1.165, 1.54) is 28.8 Å². The number of hydrogen-bond acceptors (Lipinski definition) is 6. The van der Waals surface area contributed by atoms with Gasteiger partial charge in [-0.15, -0.1) is 0 Å². The van der Waals surface area contributed by atoms with E-state index in [4.69, 9.17) is 21.7 Å². The minimum Gasteiger partial charge on any atom is -0.490 e. The van der Waals surface area contributed by atoms with Gasteiger partial charge >= 0.3 is 6.18 Å². The summed E-state index contributed by atoms with van der Waals surface area (Å²) in [7, 11) is 0. The Morgan fingerprint density at radius 3 is 2.56 bits per heavy atom. The van der Waals surface area contributed by atoms with Crippen molar-refractivity contribution in [3.63, 3.8) is 0 Å². The average Bonchev–Trinajstić information content (AvgIpc) is 3.05. The van der Waals surface area contributed by atoms with Crippen molar-refractivity contribution in [1.82, 2.24) is 4.90 Å². The van der Waals surface area contributed by atoms with E-state index in [-0.39, 0.29) is 17.3 Å². The first-order valence-electron chi connectivity index (χ1n) is 10.2. The summed E-state index contributed by atoms with van der Waals surface area (Å²) in [5.41, 5.74) is -0.176. The van der Waals surface area contributed by atoms with Crippen LogP contribution in [0.15, 0.2) is 47.4 Å². The number of benzene rings is 2. The maximum absolute atomic E-state index is 12.8. The third-order valence-electron chi connectivity index (χ3n) is 4.59. The van der Waals surface area contributed by atoms with E-state index in [2.05, 4.69) is 5.32 Å². The van der Waals surface area contributed by atoms with E-state index in [1.807, 2.05) is 6.92 Å². The van der Waals surface area contributed by atoms with Gasteiger partial charge in [0.25, 0.3) is 11.8 Å². The fraction of sp³-hybridized carbons (Fsp3) is 0.261. The highest BCUT2D eigenvalue weighted by Crippen LogP contribution is 2.35. The van der Waals surface area contributed by atoms with Crippen LogP contribution in [0.2, 0.25) is 0 Å². The van der Waals surface area contributed by atoms with E-state index in [0.29, 0.717) is 33.7 Å². The van der Waals surface area contributed by atoms with Gasteiger partial charge in [0.05, 0.1) is 17.1 Å². The van der Waals surface area contributed by atoms with E-state index in [9.17, 15) is 22.8 Å². The topological polar surface area (TPSA) is 67.9 Å². The molecule has 0 unspecified atom stereocenters. The van der Waals surface area contributed by atoms with Crippen LogP contribution in [0.3, 0.4) is 0 Å². The summed E-state index contributed by atoms with van der Waals surface area (Å²) in [6.07, 6.45) is -2.82. The molecule has 0 saturated carbocycles. The maximum atomic E-state index is 12.8. The summed E-state index contributed by atoms with van der Waals surface area (Å²) >= 11 is 6.43. The van der Waals surface area contributed by atoms with Gasteiger partial charge in [0.15, 0.2) is 18.1 Å². The summed E-state index contributed by atoms with van der Waals surface area (Å²) in [5.74, 6) is -0.162. The first kappa shape index (κ1) is 25.6. The van der Waals surface area contributed by atoms with Crippen LogP contribution in [-0.2, 0) is 15.8 Å². The predicted octanol–water partition coefficient (Wildman–Crippen LogP) is 5.34. The number of thiocarbonyl (C=S) groups is 1. The quantitative estimate of drug-likeness (QED) is 0.382. The van der Waals surface area contributed by atoms with E-state index in [0.717, 1.165) is 12.1 Å². The molecule has 180 valence electrons. The number of nitrogens with zero attached hydrogens (tertiary/aromatic N) is 1. The Hall–Kier alpha value is -3.05. The molecule has 0 atom stereocenters. The third-order valence-corrected chi connectivity index (χ3v) is 5.97. The lowest BCUT2D eigenvalue weighted by atomic mass is 10.2. The fourth-order valence-electron chi connectivity index (χ4n) is 3.04. The molecule has 2 aromatic rings. The van der Waals surface area contributed by atoms with Crippen molar-refractivity contribution in [2.24, 2.45) is 0 Å². The van der Waals surface area contributed by atoms with Crippen LogP contribution in [0.25, 0.3) is 6.08 Å². The highest BCUT2D eigenvalue weighted by molar-refractivity contribution is 8.26. The molecular formula is C23H21F3N2O4S2. The molecule has 0 aliphatic carbocycles. The van der Waals surface area contributed by atoms with Gasteiger partial charge in [-0.3, -0.25) is 14.5 Å². The summed E-state index contributed by atoms with van der Waals surface area (Å²) in [5, 5.41) is 2.38. The van der Waals surface area contributed by atoms with Crippen LogP contribution in [-0.4, -0.2) is 40.8 Å². The van der Waals surface area contributed by atoms with Crippen molar-refractivity contribution < 1.29 is 32.2 Å². The van der Waals surface area contributed by atoms with Crippen molar-refractivity contribution in [3.05, 3.63) is 58.5 Å². The number of likely N-dealkylation sites (N-methyl/N-ethyl adjacent to an activating group) is 1. The molecule has 0 radical (unpaired) electrons. The van der Waals surface area contributed by atoms with Gasteiger partial charge in [0, 0.05) is 12.2 Å². The number of anilines is 1. The molecule has 1 aliphatic rings. The highest BCUT2D eigenvalue weighted by Gasteiger charge is 2.31. The molecule has 0 spiro atoms. The molecule has 1 heterocycles. The number of rotatable bonds is 8. The van der Waals surface area contributed by atoms with Crippen LogP contribution < -0.4 is 14.8 Å². The number of hydrogen-bond donors (Lipinski definition) is 1. The van der Waals surface area contributed by atoms with Gasteiger partial charge in [0.2, 0.25) is 0 Å². The molecule has 2 aromatic carbocycles. The molecule has 3 rings (SSSR count). The lowest BCUT2D eigenvalue weighted by molar-refractivity contribution is -0.137. The first-order chi connectivity index (χ1) is 16.1. The van der Waals surface area contributed by atoms with Crippen LogP contribution >= 0.6 is 24.0 Å². The second-order valence-electron chi connectivity index (χ2n) is 6.98. The lowest BCUT2D eigenvalue weighted by Gasteiger charge is -2.13. The molecular weight excluding hydrogens is 489 g/mol. The van der Waals surface area contributed by atoms with Crippen LogP contribution in [0.1, 0.15) is 25.0 Å². The summed E-state index contributed by atoms with van der Waals surface area (Å²) < 4.78 is 50.2. The number of carbonyl (C=O) groups excluding carboxylic acids is 2. The Bertz CT molecular complexity index is 1140. The minimum atomic E-state index is -4.51. The smallest absolute Gasteiger partial charge is 0.416 e. The van der Waals surface area contributed by atoms with Crippen LogP contribution in [0.4, 0.5) is 18.9 Å². The molecule has 1 N–H and O–H groups in total. The molecule has 1 aliphatic heterocycles. The maximum Gasteiger partial charge on any atom is 0.416 e. The summed E-state index contributed by atoms with van der Waals surface area (Å²) in [6.45, 7) is 4.00. The molecule has 1 saturated heterocycles. The zero-order valence-corrected chi connectivity index (χ0v) is 19.9. The van der Waals surface area contributed by atoms with E-state index >= 15 is 0 Å². The second-order valence-corrected chi connectivity index (χ2v) is 8.66. The number of nitrogens with one attached hydrogen (secondary N) is 1. The zero-order valence-electron chi connectivity index (χ0n) is 18.3. The molecule has 0 aromatic heterocycles. The summed E-state index contributed by atoms with van der Waals surface area (Å²) in [4.78, 5) is 26.6. The first-order valence-corrected chi connectivity index (χ1v) is 11.5. The highest BCUT2D eigenvalue weighted by atomic mass is 32.2. The van der Waals surface area contributed by atoms with Crippen molar-refractivity contribution in [1.29, 1.82) is 0 Å². The minimum absolute atomic E-state index is 0.00759. The SMILES string of the molecule is CCOc1cc(/C=C2\SC(=S)N(CC)C2=O)ccc1OCC(=O)Nc1cccc(C(F)(F)F)c1. The predicted molar refractivity (Wildman–Crippen MR) is 129 cm³/mol. The van der Waals surface area contributed by atoms with E-state index < -0.39 is 24.3 Å². The Morgan fingerprint density at radius 1 is 1.15 bits per heavy atom. The van der Waals surface area contributed by atoms with Gasteiger partial charge in [-0.1, -0.05) is 36.1 Å². The number of thioether (sulfide) groups is 1. The number of alkyl halides is 3. The Morgan fingerprint density at radius 2 is 1.91 bits per heavy atom. The zero-order chi connectivity index (χ0) is 24.9. The van der Waals surface area contributed by atoms with Crippen molar-refractivity contribution in [2.75, 3.05) is 25.1 Å². The van der Waals surface area contributed by atoms with Crippen LogP contribution in [0.5, 0.6) is 11.5 Å². The number of ether oxygens (including phenoxy) is 2. The summed E-state index contributed by atoms with van der Waals surface area (Å²) in [6, 6.07) is 9.29.